The van der Waals surface area contributed by atoms with E-state index < -0.39 is 11.6 Å². The Kier molecular flexibility index (Phi) is 4.47. The van der Waals surface area contributed by atoms with Gasteiger partial charge in [0.2, 0.25) is 5.91 Å². The third-order valence-electron chi connectivity index (χ3n) is 3.07. The van der Waals surface area contributed by atoms with Gasteiger partial charge in [0.05, 0.1) is 18.7 Å². The molecule has 1 amide bonds. The van der Waals surface area contributed by atoms with Crippen LogP contribution in [0.2, 0.25) is 0 Å². The first kappa shape index (κ1) is 13.9. The topological polar surface area (TPSA) is 38.3 Å². The second-order valence-corrected chi connectivity index (χ2v) is 4.87. The number of hydrogen-bond donors (Lipinski definition) is 1. The Hall–Kier alpha value is -1.49. The Morgan fingerprint density at radius 2 is 2.11 bits per heavy atom. The molecule has 0 aromatic heterocycles. The molecule has 0 aliphatic heterocycles. The normalized spacial score (nSPS) is 14.5. The van der Waals surface area contributed by atoms with Crippen LogP contribution in [0.25, 0.3) is 0 Å². The number of carbonyl (C=O) groups excluding carboxylic acids is 1. The van der Waals surface area contributed by atoms with Crippen LogP contribution in [0.15, 0.2) is 12.1 Å². The number of aryl methyl sites for hydroxylation is 1. The molecule has 0 spiro atoms. The van der Waals surface area contributed by atoms with Crippen LogP contribution < -0.4 is 5.32 Å². The van der Waals surface area contributed by atoms with E-state index in [-0.39, 0.29) is 23.6 Å². The van der Waals surface area contributed by atoms with Crippen LogP contribution in [0.3, 0.4) is 0 Å². The van der Waals surface area contributed by atoms with E-state index in [0.717, 1.165) is 0 Å². The third-order valence-corrected chi connectivity index (χ3v) is 3.07. The van der Waals surface area contributed by atoms with Crippen molar-refractivity contribution in [3.05, 3.63) is 29.3 Å². The number of nitrogens with one attached hydrogen (secondary N) is 1. The van der Waals surface area contributed by atoms with Gasteiger partial charge in [0.25, 0.3) is 0 Å². The van der Waals surface area contributed by atoms with Gasteiger partial charge in [-0.2, -0.15) is 0 Å². The SMILES string of the molecule is Cc1ccc(NC(=O)CCOCC2CC2)c(F)c1F. The van der Waals surface area contributed by atoms with E-state index in [9.17, 15) is 13.6 Å². The Morgan fingerprint density at radius 3 is 2.79 bits per heavy atom. The predicted octanol–water partition coefficient (Wildman–Crippen LogP) is 3.03. The van der Waals surface area contributed by atoms with Crippen LogP contribution in [0, 0.1) is 24.5 Å². The Bertz CT molecular complexity index is 473. The summed E-state index contributed by atoms with van der Waals surface area (Å²) in [5.41, 5.74) is 0.0820. The minimum Gasteiger partial charge on any atom is -0.381 e. The molecule has 0 radical (unpaired) electrons. The molecule has 1 N–H and O–H groups in total. The molecule has 1 aliphatic carbocycles. The first-order valence-corrected chi connectivity index (χ1v) is 6.40. The molecule has 3 nitrogen and oxygen atoms in total. The Labute approximate surface area is 111 Å². The molecule has 1 aliphatic rings. The molecule has 1 saturated carbocycles. The maximum atomic E-state index is 13.5. The van der Waals surface area contributed by atoms with E-state index in [1.54, 1.807) is 0 Å². The molecule has 0 unspecified atom stereocenters. The molecule has 0 heterocycles. The number of carbonyl (C=O) groups is 1. The molecule has 0 atom stereocenters. The van der Waals surface area contributed by atoms with Crippen LogP contribution in [-0.2, 0) is 9.53 Å². The molecule has 0 saturated heterocycles. The smallest absolute Gasteiger partial charge is 0.226 e. The van der Waals surface area contributed by atoms with Gasteiger partial charge in [-0.15, -0.1) is 0 Å². The summed E-state index contributed by atoms with van der Waals surface area (Å²) in [7, 11) is 0. The molecule has 1 fully saturated rings. The average Bonchev–Trinajstić information content (AvgIpc) is 3.20. The highest BCUT2D eigenvalue weighted by atomic mass is 19.2. The van der Waals surface area contributed by atoms with Gasteiger partial charge in [-0.3, -0.25) is 4.79 Å². The van der Waals surface area contributed by atoms with E-state index >= 15 is 0 Å². The van der Waals surface area contributed by atoms with Gasteiger partial charge in [-0.25, -0.2) is 8.78 Å². The molecule has 104 valence electrons. The Balaban J connectivity index is 1.79. The largest absolute Gasteiger partial charge is 0.381 e. The average molecular weight is 269 g/mol. The fourth-order valence-electron chi connectivity index (χ4n) is 1.65. The molecule has 1 aromatic rings. The number of ether oxygens (including phenoxy) is 1. The molecule has 19 heavy (non-hydrogen) atoms. The summed E-state index contributed by atoms with van der Waals surface area (Å²) in [6, 6.07) is 2.79. The lowest BCUT2D eigenvalue weighted by atomic mass is 10.2. The maximum Gasteiger partial charge on any atom is 0.226 e. The van der Waals surface area contributed by atoms with Crippen molar-refractivity contribution in [1.29, 1.82) is 0 Å². The van der Waals surface area contributed by atoms with Crippen LogP contribution in [0.5, 0.6) is 0 Å². The summed E-state index contributed by atoms with van der Waals surface area (Å²) in [6.45, 7) is 2.45. The van der Waals surface area contributed by atoms with Gasteiger partial charge in [0.15, 0.2) is 11.6 Å². The number of anilines is 1. The molecular formula is C14H17F2NO2. The fraction of sp³-hybridized carbons (Fsp3) is 0.500. The number of amides is 1. The minimum atomic E-state index is -1.02. The maximum absolute atomic E-state index is 13.5. The highest BCUT2D eigenvalue weighted by Crippen LogP contribution is 2.28. The monoisotopic (exact) mass is 269 g/mol. The van der Waals surface area contributed by atoms with Crippen molar-refractivity contribution in [3.63, 3.8) is 0 Å². The Morgan fingerprint density at radius 1 is 1.37 bits per heavy atom. The third kappa shape index (κ3) is 3.99. The first-order valence-electron chi connectivity index (χ1n) is 6.40. The number of hydrogen-bond acceptors (Lipinski definition) is 2. The highest BCUT2D eigenvalue weighted by Gasteiger charge is 2.21. The van der Waals surface area contributed by atoms with Crippen molar-refractivity contribution < 1.29 is 18.3 Å². The van der Waals surface area contributed by atoms with Gasteiger partial charge in [0.1, 0.15) is 0 Å². The summed E-state index contributed by atoms with van der Waals surface area (Å²) in [5, 5.41) is 2.35. The van der Waals surface area contributed by atoms with Crippen molar-refractivity contribution in [2.45, 2.75) is 26.2 Å². The molecular weight excluding hydrogens is 252 g/mol. The van der Waals surface area contributed by atoms with Crippen molar-refractivity contribution >= 4 is 11.6 Å². The zero-order valence-electron chi connectivity index (χ0n) is 10.8. The van der Waals surface area contributed by atoms with E-state index in [2.05, 4.69) is 5.32 Å². The van der Waals surface area contributed by atoms with Gasteiger partial charge in [0, 0.05) is 6.61 Å². The number of rotatable bonds is 6. The summed E-state index contributed by atoms with van der Waals surface area (Å²) in [4.78, 5) is 11.5. The van der Waals surface area contributed by atoms with Crippen LogP contribution >= 0.6 is 0 Å². The zero-order chi connectivity index (χ0) is 13.8. The van der Waals surface area contributed by atoms with Gasteiger partial charge in [-0.05, 0) is 37.3 Å². The van der Waals surface area contributed by atoms with E-state index in [4.69, 9.17) is 4.74 Å². The summed E-state index contributed by atoms with van der Waals surface area (Å²) in [5.74, 6) is -1.68. The van der Waals surface area contributed by atoms with Crippen molar-refractivity contribution in [1.82, 2.24) is 0 Å². The summed E-state index contributed by atoms with van der Waals surface area (Å²) in [6.07, 6.45) is 2.53. The quantitative estimate of drug-likeness (QED) is 0.806. The molecule has 1 aromatic carbocycles. The van der Waals surface area contributed by atoms with Crippen LogP contribution in [0.1, 0.15) is 24.8 Å². The molecule has 2 rings (SSSR count). The summed E-state index contributed by atoms with van der Waals surface area (Å²) < 4.78 is 32.1. The lowest BCUT2D eigenvalue weighted by Crippen LogP contribution is -2.16. The van der Waals surface area contributed by atoms with E-state index in [1.165, 1.54) is 31.9 Å². The molecule has 0 bridgehead atoms. The standard InChI is InChI=1S/C14H17F2NO2/c1-9-2-5-11(14(16)13(9)15)17-12(18)6-7-19-8-10-3-4-10/h2,5,10H,3-4,6-8H2,1H3,(H,17,18). The first-order chi connectivity index (χ1) is 9.08. The molecule has 5 heteroatoms. The van der Waals surface area contributed by atoms with Crippen molar-refractivity contribution in [2.75, 3.05) is 18.5 Å². The number of benzene rings is 1. The van der Waals surface area contributed by atoms with Crippen LogP contribution in [0.4, 0.5) is 14.5 Å². The minimum absolute atomic E-state index is 0.129. The second kappa shape index (κ2) is 6.10. The van der Waals surface area contributed by atoms with Crippen LogP contribution in [-0.4, -0.2) is 19.1 Å². The van der Waals surface area contributed by atoms with Crippen molar-refractivity contribution in [3.8, 4) is 0 Å². The lowest BCUT2D eigenvalue weighted by molar-refractivity contribution is -0.117. The second-order valence-electron chi connectivity index (χ2n) is 4.87. The van der Waals surface area contributed by atoms with E-state index in [0.29, 0.717) is 19.1 Å². The predicted molar refractivity (Wildman–Crippen MR) is 67.9 cm³/mol. The number of halogens is 2. The van der Waals surface area contributed by atoms with E-state index in [1.807, 2.05) is 0 Å². The van der Waals surface area contributed by atoms with Gasteiger partial charge in [-0.1, -0.05) is 6.07 Å². The highest BCUT2D eigenvalue weighted by molar-refractivity contribution is 5.90. The van der Waals surface area contributed by atoms with Crippen molar-refractivity contribution in [2.24, 2.45) is 5.92 Å². The zero-order valence-corrected chi connectivity index (χ0v) is 10.8. The van der Waals surface area contributed by atoms with Gasteiger partial charge >= 0.3 is 0 Å². The fourth-order valence-corrected chi connectivity index (χ4v) is 1.65. The lowest BCUT2D eigenvalue weighted by Gasteiger charge is -2.08. The van der Waals surface area contributed by atoms with Gasteiger partial charge < -0.3 is 10.1 Å². The summed E-state index contributed by atoms with van der Waals surface area (Å²) >= 11 is 0.